The van der Waals surface area contributed by atoms with E-state index in [0.29, 0.717) is 0 Å². The standard InChI is InChI=1S/C14H15N3O3S/c1-17-11-4-2-3-10(9(11)7-15-17)16-13(18)8-5-6-21-12(8)14(19)20/h5-7,10H,2-4H2,1H3,(H,16,18)(H,19,20). The summed E-state index contributed by atoms with van der Waals surface area (Å²) in [6.07, 6.45) is 4.56. The summed E-state index contributed by atoms with van der Waals surface area (Å²) in [5.74, 6) is -1.41. The molecule has 0 saturated carbocycles. The van der Waals surface area contributed by atoms with Crippen molar-refractivity contribution in [3.05, 3.63) is 39.3 Å². The molecule has 1 amide bonds. The maximum Gasteiger partial charge on any atom is 0.346 e. The van der Waals surface area contributed by atoms with Gasteiger partial charge in [0.2, 0.25) is 0 Å². The van der Waals surface area contributed by atoms with Gasteiger partial charge in [-0.1, -0.05) is 0 Å². The van der Waals surface area contributed by atoms with Gasteiger partial charge in [-0.25, -0.2) is 4.79 Å². The topological polar surface area (TPSA) is 84.2 Å². The molecule has 0 spiro atoms. The highest BCUT2D eigenvalue weighted by Crippen LogP contribution is 2.29. The van der Waals surface area contributed by atoms with E-state index >= 15 is 0 Å². The Morgan fingerprint density at radius 1 is 1.52 bits per heavy atom. The molecule has 0 aromatic carbocycles. The minimum Gasteiger partial charge on any atom is -0.477 e. The van der Waals surface area contributed by atoms with Crippen molar-refractivity contribution >= 4 is 23.2 Å². The van der Waals surface area contributed by atoms with Crippen molar-refractivity contribution in [3.63, 3.8) is 0 Å². The van der Waals surface area contributed by atoms with Crippen LogP contribution in [0, 0.1) is 0 Å². The highest BCUT2D eigenvalue weighted by Gasteiger charge is 2.26. The minimum atomic E-state index is -1.07. The molecule has 0 bridgehead atoms. The first-order valence-corrected chi connectivity index (χ1v) is 7.58. The smallest absolute Gasteiger partial charge is 0.346 e. The van der Waals surface area contributed by atoms with Crippen LogP contribution >= 0.6 is 11.3 Å². The van der Waals surface area contributed by atoms with E-state index in [0.717, 1.165) is 41.9 Å². The lowest BCUT2D eigenvalue weighted by atomic mass is 9.93. The third-order valence-corrected chi connectivity index (χ3v) is 4.69. The lowest BCUT2D eigenvalue weighted by molar-refractivity contribution is 0.0696. The molecule has 21 heavy (non-hydrogen) atoms. The van der Waals surface area contributed by atoms with Crippen LogP contribution in [-0.2, 0) is 13.5 Å². The number of nitrogens with one attached hydrogen (secondary N) is 1. The lowest BCUT2D eigenvalue weighted by Crippen LogP contribution is -2.31. The molecule has 1 aliphatic rings. The van der Waals surface area contributed by atoms with E-state index in [2.05, 4.69) is 10.4 Å². The second kappa shape index (κ2) is 5.33. The predicted molar refractivity (Wildman–Crippen MR) is 77.6 cm³/mol. The van der Waals surface area contributed by atoms with Crippen LogP contribution in [-0.4, -0.2) is 26.8 Å². The first-order chi connectivity index (χ1) is 10.1. The van der Waals surface area contributed by atoms with Crippen molar-refractivity contribution in [2.24, 2.45) is 7.05 Å². The molecule has 110 valence electrons. The average Bonchev–Trinajstić information content (AvgIpc) is 3.07. The van der Waals surface area contributed by atoms with Gasteiger partial charge >= 0.3 is 5.97 Å². The number of rotatable bonds is 3. The van der Waals surface area contributed by atoms with Gasteiger partial charge in [0.15, 0.2) is 0 Å². The zero-order chi connectivity index (χ0) is 15.0. The maximum atomic E-state index is 12.3. The lowest BCUT2D eigenvalue weighted by Gasteiger charge is -2.23. The van der Waals surface area contributed by atoms with E-state index < -0.39 is 5.97 Å². The predicted octanol–water partition coefficient (Wildman–Crippen LogP) is 1.99. The van der Waals surface area contributed by atoms with Crippen LogP contribution in [0.3, 0.4) is 0 Å². The number of hydrogen-bond donors (Lipinski definition) is 2. The molecular weight excluding hydrogens is 290 g/mol. The van der Waals surface area contributed by atoms with Crippen LogP contribution < -0.4 is 5.32 Å². The zero-order valence-corrected chi connectivity index (χ0v) is 12.3. The molecule has 2 aromatic heterocycles. The van der Waals surface area contributed by atoms with Crippen molar-refractivity contribution in [3.8, 4) is 0 Å². The number of carboxylic acid groups (broad SMARTS) is 1. The Labute approximate surface area is 125 Å². The van der Waals surface area contributed by atoms with E-state index in [9.17, 15) is 9.59 Å². The Balaban J connectivity index is 1.83. The number of hydrogen-bond acceptors (Lipinski definition) is 4. The number of thiophene rings is 1. The zero-order valence-electron chi connectivity index (χ0n) is 11.5. The van der Waals surface area contributed by atoms with Gasteiger partial charge in [0, 0.05) is 18.3 Å². The Morgan fingerprint density at radius 2 is 2.33 bits per heavy atom. The Morgan fingerprint density at radius 3 is 3.10 bits per heavy atom. The molecule has 1 atom stereocenters. The number of aromatic nitrogens is 2. The van der Waals surface area contributed by atoms with Crippen LogP contribution in [0.5, 0.6) is 0 Å². The summed E-state index contributed by atoms with van der Waals surface area (Å²) in [6.45, 7) is 0. The second-order valence-electron chi connectivity index (χ2n) is 5.06. The summed E-state index contributed by atoms with van der Waals surface area (Å²) in [5.41, 5.74) is 2.39. The van der Waals surface area contributed by atoms with E-state index in [1.165, 1.54) is 0 Å². The van der Waals surface area contributed by atoms with Gasteiger partial charge in [-0.15, -0.1) is 11.3 Å². The quantitative estimate of drug-likeness (QED) is 0.908. The summed E-state index contributed by atoms with van der Waals surface area (Å²) >= 11 is 1.06. The summed E-state index contributed by atoms with van der Waals surface area (Å²) in [4.78, 5) is 23.5. The van der Waals surface area contributed by atoms with E-state index in [1.807, 2.05) is 11.7 Å². The van der Waals surface area contributed by atoms with E-state index in [-0.39, 0.29) is 22.4 Å². The van der Waals surface area contributed by atoms with Crippen molar-refractivity contribution in [2.45, 2.75) is 25.3 Å². The number of carbonyl (C=O) groups excluding carboxylic acids is 1. The largest absolute Gasteiger partial charge is 0.477 e. The molecule has 6 nitrogen and oxygen atoms in total. The SMILES string of the molecule is Cn1ncc2c1CCCC2NC(=O)c1ccsc1C(=O)O. The van der Waals surface area contributed by atoms with Gasteiger partial charge in [0.25, 0.3) is 5.91 Å². The number of aryl methyl sites for hydroxylation is 1. The fraction of sp³-hybridized carbons (Fsp3) is 0.357. The Bertz CT molecular complexity index is 704. The Kier molecular flexibility index (Phi) is 3.50. The summed E-state index contributed by atoms with van der Waals surface area (Å²) in [7, 11) is 1.89. The monoisotopic (exact) mass is 305 g/mol. The van der Waals surface area contributed by atoms with Crippen LogP contribution in [0.2, 0.25) is 0 Å². The summed E-state index contributed by atoms with van der Waals surface area (Å²) in [6, 6.07) is 1.45. The molecule has 3 rings (SSSR count). The molecule has 1 unspecified atom stereocenters. The molecule has 0 saturated heterocycles. The van der Waals surface area contributed by atoms with Crippen LogP contribution in [0.1, 0.15) is 50.2 Å². The number of fused-ring (bicyclic) bond motifs is 1. The molecule has 2 heterocycles. The highest BCUT2D eigenvalue weighted by atomic mass is 32.1. The van der Waals surface area contributed by atoms with Crippen LogP contribution in [0.25, 0.3) is 0 Å². The normalized spacial score (nSPS) is 17.3. The van der Waals surface area contributed by atoms with Crippen molar-refractivity contribution in [2.75, 3.05) is 0 Å². The first kappa shape index (κ1) is 13.8. The maximum absolute atomic E-state index is 12.3. The van der Waals surface area contributed by atoms with E-state index in [4.69, 9.17) is 5.11 Å². The van der Waals surface area contributed by atoms with Crippen molar-refractivity contribution in [1.82, 2.24) is 15.1 Å². The minimum absolute atomic E-state index is 0.0784. The fourth-order valence-electron chi connectivity index (χ4n) is 2.75. The number of amides is 1. The van der Waals surface area contributed by atoms with Gasteiger partial charge in [0.05, 0.1) is 17.8 Å². The third-order valence-electron chi connectivity index (χ3n) is 3.79. The van der Waals surface area contributed by atoms with Gasteiger partial charge in [-0.3, -0.25) is 9.48 Å². The van der Waals surface area contributed by atoms with Crippen LogP contribution in [0.4, 0.5) is 0 Å². The van der Waals surface area contributed by atoms with Gasteiger partial charge in [0.1, 0.15) is 4.88 Å². The molecular formula is C14H15N3O3S. The molecule has 2 N–H and O–H groups in total. The van der Waals surface area contributed by atoms with E-state index in [1.54, 1.807) is 17.6 Å². The number of carboxylic acids is 1. The molecule has 2 aromatic rings. The van der Waals surface area contributed by atoms with Gasteiger partial charge in [-0.05, 0) is 30.7 Å². The van der Waals surface area contributed by atoms with Gasteiger partial charge < -0.3 is 10.4 Å². The summed E-state index contributed by atoms with van der Waals surface area (Å²) in [5, 5.41) is 17.9. The van der Waals surface area contributed by atoms with Crippen molar-refractivity contribution < 1.29 is 14.7 Å². The van der Waals surface area contributed by atoms with Crippen molar-refractivity contribution in [1.29, 1.82) is 0 Å². The number of aromatic carboxylic acids is 1. The molecule has 0 aliphatic heterocycles. The first-order valence-electron chi connectivity index (χ1n) is 6.70. The highest BCUT2D eigenvalue weighted by molar-refractivity contribution is 7.12. The number of carbonyl (C=O) groups is 2. The molecule has 0 radical (unpaired) electrons. The average molecular weight is 305 g/mol. The van der Waals surface area contributed by atoms with Crippen LogP contribution in [0.15, 0.2) is 17.6 Å². The Hall–Kier alpha value is -2.15. The molecule has 7 heteroatoms. The second-order valence-corrected chi connectivity index (χ2v) is 5.97. The number of nitrogens with zero attached hydrogens (tertiary/aromatic N) is 2. The van der Waals surface area contributed by atoms with Gasteiger partial charge in [-0.2, -0.15) is 5.10 Å². The molecule has 1 aliphatic carbocycles. The fourth-order valence-corrected chi connectivity index (χ4v) is 3.47. The summed E-state index contributed by atoms with van der Waals surface area (Å²) < 4.78 is 1.83. The third kappa shape index (κ3) is 2.44. The molecule has 0 fully saturated rings.